The van der Waals surface area contributed by atoms with Crippen molar-refractivity contribution in [3.63, 3.8) is 0 Å². The number of amides is 1. The summed E-state index contributed by atoms with van der Waals surface area (Å²) < 4.78 is 0. The van der Waals surface area contributed by atoms with Crippen LogP contribution in [0.3, 0.4) is 0 Å². The van der Waals surface area contributed by atoms with Gasteiger partial charge in [0.2, 0.25) is 0 Å². The molecule has 1 aliphatic rings. The Kier molecular flexibility index (Phi) is 26.8. The van der Waals surface area contributed by atoms with Crippen molar-refractivity contribution in [2.24, 2.45) is 0 Å². The van der Waals surface area contributed by atoms with Crippen molar-refractivity contribution in [3.8, 4) is 6.07 Å². The average molecular weight is 466 g/mol. The van der Waals surface area contributed by atoms with Gasteiger partial charge >= 0.3 is 29.6 Å². The molecule has 172 valence electrons. The van der Waals surface area contributed by atoms with E-state index in [0.717, 1.165) is 30.4 Å². The van der Waals surface area contributed by atoms with Crippen LogP contribution in [0.2, 0.25) is 0 Å². The second-order valence-electron chi connectivity index (χ2n) is 6.67. The third kappa shape index (κ3) is 16.3. The van der Waals surface area contributed by atoms with E-state index in [-0.39, 0.29) is 42.9 Å². The van der Waals surface area contributed by atoms with Gasteiger partial charge < -0.3 is 12.7 Å². The topological polar surface area (TPSA) is 52.9 Å². The van der Waals surface area contributed by atoms with Crippen molar-refractivity contribution in [2.75, 3.05) is 0 Å². The van der Waals surface area contributed by atoms with E-state index in [9.17, 15) is 4.79 Å². The van der Waals surface area contributed by atoms with E-state index in [0.29, 0.717) is 12.5 Å². The van der Waals surface area contributed by atoms with Gasteiger partial charge in [-0.3, -0.25) is 10.9 Å². The predicted octanol–water partition coefficient (Wildman–Crippen LogP) is 4.75. The van der Waals surface area contributed by atoms with Gasteiger partial charge in [-0.1, -0.05) is 70.7 Å². The van der Waals surface area contributed by atoms with Gasteiger partial charge in [-0.15, -0.1) is 5.57 Å². The van der Waals surface area contributed by atoms with Crippen molar-refractivity contribution in [1.29, 1.82) is 5.26 Å². The van der Waals surface area contributed by atoms with Crippen LogP contribution in [0.5, 0.6) is 0 Å². The van der Waals surface area contributed by atoms with Crippen LogP contribution in [0.1, 0.15) is 82.1 Å². The smallest absolute Gasteiger partial charge is 0.358 e. The van der Waals surface area contributed by atoms with E-state index in [1.165, 1.54) is 30.4 Å². The summed E-state index contributed by atoms with van der Waals surface area (Å²) in [7, 11) is 0. The molecule has 0 heterocycles. The van der Waals surface area contributed by atoms with Crippen molar-refractivity contribution in [2.45, 2.75) is 78.7 Å². The Morgan fingerprint density at radius 3 is 2.28 bits per heavy atom. The van der Waals surface area contributed by atoms with Crippen LogP contribution in [-0.2, 0) is 6.42 Å². The Labute approximate surface area is 224 Å². The fourth-order valence-electron chi connectivity index (χ4n) is 2.88. The van der Waals surface area contributed by atoms with Crippen LogP contribution in [0, 0.1) is 24.8 Å². The monoisotopic (exact) mass is 465 g/mol. The molecule has 1 fully saturated rings. The Bertz CT molecular complexity index is 712. The number of hydrogen-bond acceptors (Lipinski definition) is 2. The molecule has 1 aliphatic carbocycles. The maximum Gasteiger partial charge on any atom is 1.00 e. The third-order valence-corrected chi connectivity index (χ3v) is 4.83. The average Bonchev–Trinajstić information content (AvgIpc) is 2.81. The van der Waals surface area contributed by atoms with Gasteiger partial charge in [0.25, 0.3) is 5.91 Å². The summed E-state index contributed by atoms with van der Waals surface area (Å²) in [5.41, 5.74) is 4.26. The zero-order valence-electron chi connectivity index (χ0n) is 20.9. The minimum Gasteiger partial charge on any atom is -0.358 e. The van der Waals surface area contributed by atoms with Gasteiger partial charge in [-0.05, 0) is 42.5 Å². The van der Waals surface area contributed by atoms with Crippen molar-refractivity contribution in [3.05, 3.63) is 78.2 Å². The van der Waals surface area contributed by atoms with Crippen molar-refractivity contribution < 1.29 is 34.4 Å². The standard InChI is InChI=1S/C15H21NO.C9H9ClN.C2H6.CH3.Na/c1-2-12-8-10-13(11-9-12)15(17)16-14-6-4-3-5-7-14;1-2-3-4-5-9(8-10)6-7-11;1-2;;/h8-11,14H,2-7H2,1H3,(H,16,17);2,4-5,8H,6H2,1H3;1-2H3;1H3;/q;-1;;-1;+1/b;5-4-,9-8-;;;. The number of carbonyl (C=O) groups excluding carboxylic acids is 1. The number of hydrogen-bond donors (Lipinski definition) is 1. The summed E-state index contributed by atoms with van der Waals surface area (Å²) >= 11 is 5.42. The molecule has 0 radical (unpaired) electrons. The number of rotatable bonds is 6. The van der Waals surface area contributed by atoms with E-state index in [2.05, 4.69) is 18.3 Å². The molecular formula is C27H39ClN2NaO-. The van der Waals surface area contributed by atoms with Crippen LogP contribution in [0.4, 0.5) is 0 Å². The molecule has 1 saturated carbocycles. The summed E-state index contributed by atoms with van der Waals surface area (Å²) in [5.74, 6) is 0.0829. The molecule has 0 unspecified atom stereocenters. The first kappa shape index (κ1) is 35.3. The van der Waals surface area contributed by atoms with Crippen LogP contribution in [0.15, 0.2) is 53.6 Å². The molecule has 0 saturated heterocycles. The number of halogens is 1. The molecule has 3 nitrogen and oxygen atoms in total. The molecule has 5 heteroatoms. The number of nitriles is 1. The molecule has 0 aliphatic heterocycles. The van der Waals surface area contributed by atoms with Crippen molar-refractivity contribution in [1.82, 2.24) is 5.32 Å². The van der Waals surface area contributed by atoms with E-state index < -0.39 is 0 Å². The molecule has 0 aromatic heterocycles. The number of aryl methyl sites for hydroxylation is 1. The zero-order valence-corrected chi connectivity index (χ0v) is 23.6. The molecule has 2 rings (SSSR count). The fraction of sp³-hybridized carbons (Fsp3) is 0.444. The van der Waals surface area contributed by atoms with E-state index in [4.69, 9.17) is 16.9 Å². The van der Waals surface area contributed by atoms with Gasteiger partial charge in [0.05, 0.1) is 6.07 Å². The van der Waals surface area contributed by atoms with Crippen LogP contribution in [-0.4, -0.2) is 11.9 Å². The number of carbonyl (C=O) groups is 1. The molecule has 0 atom stereocenters. The first-order valence-corrected chi connectivity index (χ1v) is 11.3. The largest absolute Gasteiger partial charge is 1.00 e. The van der Waals surface area contributed by atoms with E-state index in [1.54, 1.807) is 18.2 Å². The Morgan fingerprint density at radius 2 is 1.81 bits per heavy atom. The molecule has 1 amide bonds. The molecule has 1 aromatic carbocycles. The molecule has 0 bridgehead atoms. The van der Waals surface area contributed by atoms with Crippen LogP contribution >= 0.6 is 11.6 Å². The summed E-state index contributed by atoms with van der Waals surface area (Å²) in [4.78, 5) is 12.0. The van der Waals surface area contributed by atoms with Gasteiger partial charge in [-0.25, -0.2) is 12.2 Å². The summed E-state index contributed by atoms with van der Waals surface area (Å²) in [6, 6.07) is 10.3. The third-order valence-electron chi connectivity index (χ3n) is 4.55. The molecular weight excluding hydrogens is 427 g/mol. The first-order chi connectivity index (χ1) is 14.6. The maximum absolute atomic E-state index is 12.0. The Hall–Kier alpha value is -1.31. The van der Waals surface area contributed by atoms with Crippen molar-refractivity contribution >= 4 is 17.5 Å². The first-order valence-electron chi connectivity index (χ1n) is 10.9. The predicted molar refractivity (Wildman–Crippen MR) is 135 cm³/mol. The fourth-order valence-corrected chi connectivity index (χ4v) is 3.03. The van der Waals surface area contributed by atoms with Gasteiger partial charge in [-0.2, -0.15) is 11.3 Å². The molecule has 0 spiro atoms. The number of nitrogens with one attached hydrogen (secondary N) is 1. The quantitative estimate of drug-likeness (QED) is 0.374. The van der Waals surface area contributed by atoms with E-state index in [1.807, 2.05) is 51.1 Å². The van der Waals surface area contributed by atoms with Gasteiger partial charge in [0.1, 0.15) is 0 Å². The van der Waals surface area contributed by atoms with Gasteiger partial charge in [0.15, 0.2) is 0 Å². The SMILES string of the molecule is CC.CC=[C-]/C=C\C(=C\Cl)CC#N.CCc1ccc(C(=O)NC2CCCCC2)cc1.[CH3-].[Na+]. The second-order valence-corrected chi connectivity index (χ2v) is 6.88. The summed E-state index contributed by atoms with van der Waals surface area (Å²) in [6.07, 6.45) is 15.6. The molecule has 1 aromatic rings. The second kappa shape index (κ2) is 24.3. The van der Waals surface area contributed by atoms with Crippen LogP contribution < -0.4 is 34.9 Å². The Morgan fingerprint density at radius 1 is 1.22 bits per heavy atom. The van der Waals surface area contributed by atoms with Gasteiger partial charge in [0, 0.05) is 18.0 Å². The maximum atomic E-state index is 12.0. The molecule has 32 heavy (non-hydrogen) atoms. The number of benzene rings is 1. The molecule has 1 N–H and O–H groups in total. The summed E-state index contributed by atoms with van der Waals surface area (Å²) in [5, 5.41) is 11.4. The Balaban J connectivity index is -0.000000496. The summed E-state index contributed by atoms with van der Waals surface area (Å²) in [6.45, 7) is 8.00. The normalized spacial score (nSPS) is 13.4. The minimum atomic E-state index is 0. The number of allylic oxidation sites excluding steroid dienone is 5. The minimum absolute atomic E-state index is 0. The number of nitrogens with zero attached hydrogens (tertiary/aromatic N) is 1. The zero-order chi connectivity index (χ0) is 22.6. The van der Waals surface area contributed by atoms with E-state index >= 15 is 0 Å². The van der Waals surface area contributed by atoms with Crippen LogP contribution in [0.25, 0.3) is 0 Å².